The Bertz CT molecular complexity index is 706. The SMILES string of the molecule is CC1=C[C@@H]2CN(C(=O)N2O[C@@H](F)C(=O)O)[C@@H]1C(=O)NOCC1CCC(=O)N1.[LiH]. The summed E-state index contributed by atoms with van der Waals surface area (Å²) in [6.45, 7) is 1.74. The van der Waals surface area contributed by atoms with E-state index in [1.54, 1.807) is 6.92 Å². The number of urea groups is 1. The molecule has 2 bridgehead atoms. The number of alkyl halides is 1. The van der Waals surface area contributed by atoms with Gasteiger partial charge < -0.3 is 15.3 Å². The van der Waals surface area contributed by atoms with Gasteiger partial charge in [0.25, 0.3) is 5.91 Å². The molecule has 13 heteroatoms. The first kappa shape index (κ1) is 22.2. The number of hydrogen-bond acceptors (Lipinski definition) is 6. The third kappa shape index (κ3) is 4.47. The van der Waals surface area contributed by atoms with Crippen LogP contribution in [0, 0.1) is 0 Å². The van der Waals surface area contributed by atoms with Crippen molar-refractivity contribution in [2.24, 2.45) is 0 Å². The van der Waals surface area contributed by atoms with Crippen LogP contribution in [0.2, 0.25) is 0 Å². The summed E-state index contributed by atoms with van der Waals surface area (Å²) < 4.78 is 13.3. The van der Waals surface area contributed by atoms with Gasteiger partial charge in [0, 0.05) is 6.42 Å². The van der Waals surface area contributed by atoms with Gasteiger partial charge in [-0.15, -0.1) is 0 Å². The molecule has 1 unspecified atom stereocenters. The fourth-order valence-corrected chi connectivity index (χ4v) is 3.29. The molecule has 3 aliphatic rings. The number of carbonyl (C=O) groups excluding carboxylic acids is 3. The quantitative estimate of drug-likeness (QED) is 0.269. The minimum absolute atomic E-state index is 0. The van der Waals surface area contributed by atoms with E-state index in [1.165, 1.54) is 6.08 Å². The van der Waals surface area contributed by atoms with Crippen LogP contribution in [-0.4, -0.2) is 95.4 Å². The van der Waals surface area contributed by atoms with Crippen molar-refractivity contribution in [3.8, 4) is 0 Å². The van der Waals surface area contributed by atoms with Crippen LogP contribution in [0.5, 0.6) is 0 Å². The molecule has 4 atom stereocenters. The van der Waals surface area contributed by atoms with Gasteiger partial charge in [-0.3, -0.25) is 14.4 Å². The molecular weight excluding hydrogens is 374 g/mol. The summed E-state index contributed by atoms with van der Waals surface area (Å²) in [6, 6.07) is -2.71. The van der Waals surface area contributed by atoms with Crippen LogP contribution in [0.3, 0.4) is 0 Å². The van der Waals surface area contributed by atoms with Gasteiger partial charge in [-0.2, -0.15) is 5.06 Å². The second-order valence-electron chi connectivity index (χ2n) is 6.48. The molecule has 3 heterocycles. The van der Waals surface area contributed by atoms with Gasteiger partial charge in [0.05, 0.1) is 25.2 Å². The van der Waals surface area contributed by atoms with Crippen molar-refractivity contribution < 1.29 is 38.4 Å². The minimum atomic E-state index is -2.69. The van der Waals surface area contributed by atoms with Crippen LogP contribution in [0.25, 0.3) is 0 Å². The first-order valence-electron chi connectivity index (χ1n) is 8.30. The van der Waals surface area contributed by atoms with Gasteiger partial charge in [-0.25, -0.2) is 24.3 Å². The molecular formula is C15H20FLiN4O7. The zero-order valence-corrected chi connectivity index (χ0v) is 14.4. The maximum absolute atomic E-state index is 13.3. The van der Waals surface area contributed by atoms with Crippen molar-refractivity contribution in [2.75, 3.05) is 13.2 Å². The van der Waals surface area contributed by atoms with Gasteiger partial charge in [0.1, 0.15) is 6.04 Å². The number of nitrogens with zero attached hydrogens (tertiary/aromatic N) is 2. The van der Waals surface area contributed by atoms with Crippen LogP contribution >= 0.6 is 0 Å². The standard InChI is InChI=1S/C15H19FN4O7.Li.H/c1-7-4-9-5-19(15(25)20(9)27-12(16)14(23)24)11(7)13(22)18-26-6-8-2-3-10(21)17-8;;/h4,8-9,11-12H,2-3,5-6H2,1H3,(H,17,21)(H,18,22)(H,23,24);;/t8?,9-,11+,12-;;/m1../s1. The van der Waals surface area contributed by atoms with Crippen LogP contribution in [0.4, 0.5) is 9.18 Å². The number of aliphatic carboxylic acids is 1. The second-order valence-corrected chi connectivity index (χ2v) is 6.48. The molecule has 0 aliphatic carbocycles. The van der Waals surface area contributed by atoms with Crippen molar-refractivity contribution in [3.05, 3.63) is 11.6 Å². The summed E-state index contributed by atoms with van der Waals surface area (Å²) >= 11 is 0. The molecule has 4 amide bonds. The first-order valence-corrected chi connectivity index (χ1v) is 8.30. The fraction of sp³-hybridized carbons (Fsp3) is 0.600. The number of fused-ring (bicyclic) bond motifs is 2. The van der Waals surface area contributed by atoms with Crippen molar-refractivity contribution in [1.29, 1.82) is 0 Å². The van der Waals surface area contributed by atoms with E-state index in [2.05, 4.69) is 15.6 Å². The molecule has 3 N–H and O–H groups in total. The summed E-state index contributed by atoms with van der Waals surface area (Å²) in [4.78, 5) is 57.4. The molecule has 3 aliphatic heterocycles. The molecule has 0 saturated carbocycles. The molecule has 2 saturated heterocycles. The van der Waals surface area contributed by atoms with Crippen molar-refractivity contribution in [3.63, 3.8) is 0 Å². The van der Waals surface area contributed by atoms with Crippen LogP contribution in [0.1, 0.15) is 19.8 Å². The van der Waals surface area contributed by atoms with Gasteiger partial charge in [0.15, 0.2) is 0 Å². The molecule has 0 aromatic heterocycles. The predicted octanol–water partition coefficient (Wildman–Crippen LogP) is -1.59. The number of rotatable bonds is 7. The zero-order chi connectivity index (χ0) is 19.7. The van der Waals surface area contributed by atoms with E-state index in [1.807, 2.05) is 0 Å². The average Bonchev–Trinajstić information content (AvgIpc) is 3.11. The van der Waals surface area contributed by atoms with E-state index >= 15 is 0 Å². The normalized spacial score (nSPS) is 27.1. The summed E-state index contributed by atoms with van der Waals surface area (Å²) in [5.41, 5.74) is 2.76. The van der Waals surface area contributed by atoms with Crippen molar-refractivity contribution in [1.82, 2.24) is 20.8 Å². The number of amides is 4. The molecule has 3 rings (SSSR count). The van der Waals surface area contributed by atoms with E-state index < -0.39 is 36.3 Å². The average molecular weight is 394 g/mol. The third-order valence-electron chi connectivity index (χ3n) is 4.51. The van der Waals surface area contributed by atoms with Gasteiger partial charge >= 0.3 is 37.2 Å². The zero-order valence-electron chi connectivity index (χ0n) is 14.4. The van der Waals surface area contributed by atoms with Gasteiger partial charge in [0.2, 0.25) is 5.91 Å². The Morgan fingerprint density at radius 3 is 2.79 bits per heavy atom. The number of hydrogen-bond donors (Lipinski definition) is 3. The Morgan fingerprint density at radius 1 is 1.46 bits per heavy atom. The molecule has 28 heavy (non-hydrogen) atoms. The number of hydroxylamine groups is 3. The monoisotopic (exact) mass is 394 g/mol. The van der Waals surface area contributed by atoms with E-state index in [4.69, 9.17) is 9.94 Å². The van der Waals surface area contributed by atoms with Gasteiger partial charge in [-0.1, -0.05) is 6.08 Å². The van der Waals surface area contributed by atoms with E-state index in [9.17, 15) is 23.6 Å². The molecule has 0 radical (unpaired) electrons. The maximum atomic E-state index is 13.3. The van der Waals surface area contributed by atoms with Crippen LogP contribution in [0.15, 0.2) is 11.6 Å². The van der Waals surface area contributed by atoms with Crippen molar-refractivity contribution >= 4 is 42.7 Å². The second kappa shape index (κ2) is 8.91. The van der Waals surface area contributed by atoms with Gasteiger partial charge in [-0.05, 0) is 18.9 Å². The number of halogens is 1. The summed E-state index contributed by atoms with van der Waals surface area (Å²) in [6.07, 6.45) is -0.153. The Labute approximate surface area is 171 Å². The first-order chi connectivity index (χ1) is 12.8. The predicted molar refractivity (Wildman–Crippen MR) is 91.3 cm³/mol. The Morgan fingerprint density at radius 2 is 2.18 bits per heavy atom. The molecule has 0 aromatic carbocycles. The Hall–Kier alpha value is -2.13. The van der Waals surface area contributed by atoms with Crippen LogP contribution < -0.4 is 10.8 Å². The Kier molecular flexibility index (Phi) is 7.05. The molecule has 150 valence electrons. The Balaban J connectivity index is 0.00000280. The summed E-state index contributed by atoms with van der Waals surface area (Å²) in [7, 11) is 0. The van der Waals surface area contributed by atoms with Crippen molar-refractivity contribution in [2.45, 2.75) is 44.2 Å². The molecule has 2 fully saturated rings. The van der Waals surface area contributed by atoms with E-state index in [0.717, 1.165) is 4.90 Å². The molecule has 11 nitrogen and oxygen atoms in total. The van der Waals surface area contributed by atoms with Crippen LogP contribution in [-0.2, 0) is 24.1 Å². The number of carboxylic acid groups (broad SMARTS) is 1. The number of carboxylic acids is 1. The summed E-state index contributed by atoms with van der Waals surface area (Å²) in [5.74, 6) is -2.55. The molecule has 0 aromatic rings. The third-order valence-corrected chi connectivity index (χ3v) is 4.51. The van der Waals surface area contributed by atoms with E-state index in [0.29, 0.717) is 23.5 Å². The molecule has 0 spiro atoms. The van der Waals surface area contributed by atoms with E-state index in [-0.39, 0.29) is 44.0 Å². The summed E-state index contributed by atoms with van der Waals surface area (Å²) in [5, 5.41) is 11.9. The number of carbonyl (C=O) groups is 4. The topological polar surface area (TPSA) is 138 Å². The fourth-order valence-electron chi connectivity index (χ4n) is 3.29. The number of nitrogens with one attached hydrogen (secondary N) is 2.